The van der Waals surface area contributed by atoms with Gasteiger partial charge in [0.1, 0.15) is 6.10 Å². The van der Waals surface area contributed by atoms with Crippen molar-refractivity contribution in [2.24, 2.45) is 5.41 Å². The van der Waals surface area contributed by atoms with E-state index in [0.29, 0.717) is 213 Å². The number of carboxylic acid groups (broad SMARTS) is 2. The van der Waals surface area contributed by atoms with Crippen LogP contribution in [0, 0.1) is 5.41 Å². The van der Waals surface area contributed by atoms with Crippen molar-refractivity contribution in [3.8, 4) is 23.0 Å². The van der Waals surface area contributed by atoms with Crippen LogP contribution in [0.4, 0.5) is 4.79 Å². The average molecular weight is 1200 g/mol. The Hall–Kier alpha value is -6.46. The van der Waals surface area contributed by atoms with Gasteiger partial charge in [0.2, 0.25) is 12.7 Å². The van der Waals surface area contributed by atoms with Crippen LogP contribution in [0.3, 0.4) is 0 Å². The fourth-order valence-electron chi connectivity index (χ4n) is 9.32. The van der Waals surface area contributed by atoms with Crippen molar-refractivity contribution in [3.63, 3.8) is 0 Å². The Morgan fingerprint density at radius 1 is 0.647 bits per heavy atom. The van der Waals surface area contributed by atoms with Gasteiger partial charge >= 0.3 is 18.0 Å². The second-order valence-corrected chi connectivity index (χ2v) is 20.3. The summed E-state index contributed by atoms with van der Waals surface area (Å²) in [6, 6.07) is 7.03. The molecule has 0 fully saturated rings. The summed E-state index contributed by atoms with van der Waals surface area (Å²) in [4.78, 5) is 71.2. The number of amides is 2. The molecule has 0 unspecified atom stereocenters. The molecule has 472 valence electrons. The Bertz CT molecular complexity index is 2780. The normalized spacial score (nSPS) is 16.2. The number of carbonyl (C=O) groups is 4. The summed E-state index contributed by atoms with van der Waals surface area (Å²) in [5.74, 6) is 0.0427. The zero-order chi connectivity index (χ0) is 60.7. The fourth-order valence-corrected chi connectivity index (χ4v) is 9.32. The van der Waals surface area contributed by atoms with Crippen LogP contribution >= 0.6 is 0 Å². The molecule has 3 heterocycles. The minimum atomic E-state index is -0.907. The van der Waals surface area contributed by atoms with Gasteiger partial charge in [0, 0.05) is 80.2 Å². The third kappa shape index (κ3) is 22.4. The molecule has 0 saturated heterocycles. The highest BCUT2D eigenvalue weighted by Gasteiger charge is 2.34. The molecule has 2 aromatic carbocycles. The predicted octanol–water partition coefficient (Wildman–Crippen LogP) is 4.54. The van der Waals surface area contributed by atoms with Crippen LogP contribution in [0.15, 0.2) is 47.4 Å². The van der Waals surface area contributed by atoms with E-state index in [1.807, 2.05) is 25.1 Å². The minimum absolute atomic E-state index is 0.0482. The van der Waals surface area contributed by atoms with Gasteiger partial charge in [-0.15, -0.1) is 0 Å². The van der Waals surface area contributed by atoms with Gasteiger partial charge < -0.3 is 91.3 Å². The maximum absolute atomic E-state index is 14.5. The van der Waals surface area contributed by atoms with E-state index in [-0.39, 0.29) is 57.4 Å². The van der Waals surface area contributed by atoms with E-state index >= 15 is 0 Å². The van der Waals surface area contributed by atoms with E-state index in [9.17, 15) is 24.0 Å². The van der Waals surface area contributed by atoms with Crippen molar-refractivity contribution in [2.75, 3.05) is 180 Å². The lowest BCUT2D eigenvalue weighted by atomic mass is 9.78. The monoisotopic (exact) mass is 1200 g/mol. The molecule has 4 aromatic rings. The number of aliphatic carboxylic acids is 2. The quantitative estimate of drug-likeness (QED) is 0.0311. The van der Waals surface area contributed by atoms with Crippen LogP contribution in [0.25, 0.3) is 32.6 Å². The Morgan fingerprint density at radius 2 is 1.15 bits per heavy atom. The molecular formula is C59H85N5O21. The number of hydrogen-bond acceptors (Lipinski definition) is 21. The number of fused-ring (bicyclic) bond motifs is 6. The zero-order valence-electron chi connectivity index (χ0n) is 49.5. The van der Waals surface area contributed by atoms with Gasteiger partial charge in [0.05, 0.1) is 162 Å². The maximum atomic E-state index is 14.5. The Morgan fingerprint density at radius 3 is 1.69 bits per heavy atom. The number of aromatic nitrogens is 2. The molecule has 1 aliphatic carbocycles. The smallest absolute Gasteiger partial charge is 0.410 e. The summed E-state index contributed by atoms with van der Waals surface area (Å²) < 4.78 is 80.3. The molecule has 0 saturated carbocycles. The molecule has 1 aliphatic heterocycles. The summed E-state index contributed by atoms with van der Waals surface area (Å²) in [6.45, 7) is 10.8. The molecule has 0 spiro atoms. The third-order valence-electron chi connectivity index (χ3n) is 14.2. The number of methoxy groups -OCH3 is 2. The SMILES string of the molecule is COc1cc2c(=O)n(CCN(C)C(=O)O[C@H]3/C=C/CC[C@@](C)(C(=O)NCCOCCOCCOCCN(CCOCCOCCOCCC(=O)O)CCOCCOCCOCCC(=O)O)CC3)c3c4cc5c(cc4ncc3c2cc1OC)OCO5. The molecule has 2 aliphatic rings. The second kappa shape index (κ2) is 37.2. The number of pyridine rings is 2. The molecule has 3 N–H and O–H groups in total. The first kappa shape index (κ1) is 67.7. The van der Waals surface area contributed by atoms with Gasteiger partial charge in [-0.1, -0.05) is 13.0 Å². The number of ether oxygens (including phenoxy) is 14. The highest BCUT2D eigenvalue weighted by atomic mass is 16.7. The molecule has 0 radical (unpaired) electrons. The third-order valence-corrected chi connectivity index (χ3v) is 14.2. The van der Waals surface area contributed by atoms with Gasteiger partial charge in [-0.3, -0.25) is 29.1 Å². The van der Waals surface area contributed by atoms with Gasteiger partial charge in [-0.05, 0) is 50.0 Å². The molecule has 85 heavy (non-hydrogen) atoms. The van der Waals surface area contributed by atoms with Crippen LogP contribution in [0.1, 0.15) is 45.4 Å². The standard InChI is InChI=1S/C59H85N5O21/c1-59(57(70)60-13-21-76-27-33-82-36-30-79-24-18-63(16-22-77-28-34-80-31-25-74-19-9-53(65)66)17-23-78-29-35-81-32-26-75-20-10-54(67)68)11-6-5-7-43(8-12-59)85-58(71)62(2)14-15-64-55-46-39-51-52(84-42-83-51)40-48(46)61-41-47(55)44-37-49(72-3)50(73-4)38-45(44)56(64)69/h5,7,37-41,43H,6,8-36,42H2,1-4H3,(H,60,70)(H,65,66)(H,67,68)/b7-5+/t43-,59+/m0/s1. The van der Waals surface area contributed by atoms with E-state index in [4.69, 9.17) is 81.5 Å². The lowest BCUT2D eigenvalue weighted by molar-refractivity contribution is -0.139. The van der Waals surface area contributed by atoms with Crippen molar-refractivity contribution in [2.45, 2.75) is 58.1 Å². The first-order chi connectivity index (χ1) is 41.3. The number of carboxylic acids is 2. The van der Waals surface area contributed by atoms with Gasteiger partial charge in [0.25, 0.3) is 5.56 Å². The summed E-state index contributed by atoms with van der Waals surface area (Å²) in [5.41, 5.74) is 0.223. The van der Waals surface area contributed by atoms with Gasteiger partial charge in [-0.2, -0.15) is 0 Å². The number of rotatable bonds is 43. The van der Waals surface area contributed by atoms with Crippen molar-refractivity contribution in [3.05, 3.63) is 53.0 Å². The van der Waals surface area contributed by atoms with Crippen molar-refractivity contribution in [1.29, 1.82) is 0 Å². The van der Waals surface area contributed by atoms with E-state index < -0.39 is 29.6 Å². The lowest BCUT2D eigenvalue weighted by Crippen LogP contribution is -2.41. The van der Waals surface area contributed by atoms with Crippen molar-refractivity contribution < 1.29 is 95.7 Å². The summed E-state index contributed by atoms with van der Waals surface area (Å²) in [6.07, 6.45) is 6.46. The number of nitrogens with zero attached hydrogens (tertiary/aromatic N) is 4. The van der Waals surface area contributed by atoms with Gasteiger partial charge in [0.15, 0.2) is 23.0 Å². The summed E-state index contributed by atoms with van der Waals surface area (Å²) in [5, 5.41) is 22.8. The summed E-state index contributed by atoms with van der Waals surface area (Å²) >= 11 is 0. The Kier molecular flexibility index (Phi) is 29.6. The van der Waals surface area contributed by atoms with Crippen LogP contribution in [-0.2, 0) is 68.3 Å². The van der Waals surface area contributed by atoms with Crippen LogP contribution < -0.4 is 29.8 Å². The molecule has 26 heteroatoms. The Balaban J connectivity index is 0.854. The van der Waals surface area contributed by atoms with Crippen molar-refractivity contribution >= 4 is 56.5 Å². The average Bonchev–Trinajstić information content (AvgIpc) is 1.38. The first-order valence-corrected chi connectivity index (χ1v) is 28.8. The van der Waals surface area contributed by atoms with E-state index in [0.717, 1.165) is 0 Å². The molecule has 0 bridgehead atoms. The Labute approximate surface area is 494 Å². The van der Waals surface area contributed by atoms with Crippen LogP contribution in [0.2, 0.25) is 0 Å². The van der Waals surface area contributed by atoms with E-state index in [1.165, 1.54) is 19.1 Å². The molecule has 6 rings (SSSR count). The van der Waals surface area contributed by atoms with Crippen LogP contribution in [-0.4, -0.2) is 239 Å². The van der Waals surface area contributed by atoms with Crippen LogP contribution in [0.5, 0.6) is 23.0 Å². The molecular weight excluding hydrogens is 1110 g/mol. The topological polar surface area (TPSA) is 291 Å². The minimum Gasteiger partial charge on any atom is -0.493 e. The largest absolute Gasteiger partial charge is 0.493 e. The highest BCUT2D eigenvalue weighted by molar-refractivity contribution is 6.15. The van der Waals surface area contributed by atoms with Crippen molar-refractivity contribution in [1.82, 2.24) is 24.7 Å². The number of likely N-dealkylation sites (N-methyl/N-ethyl adjacent to an activating group) is 1. The number of nitrogens with one attached hydrogen (secondary N) is 1. The predicted molar refractivity (Wildman–Crippen MR) is 310 cm³/mol. The maximum Gasteiger partial charge on any atom is 0.410 e. The molecule has 2 amide bonds. The molecule has 26 nitrogen and oxygen atoms in total. The fraction of sp³-hybridized carbons (Fsp3) is 0.627. The number of hydrogen-bond donors (Lipinski definition) is 3. The zero-order valence-corrected chi connectivity index (χ0v) is 49.5. The van der Waals surface area contributed by atoms with E-state index in [1.54, 1.807) is 36.0 Å². The number of allylic oxidation sites excluding steroid dienone is 1. The van der Waals surface area contributed by atoms with Gasteiger partial charge in [-0.25, -0.2) is 4.79 Å². The van der Waals surface area contributed by atoms with E-state index in [2.05, 4.69) is 10.2 Å². The molecule has 2 aromatic heterocycles. The lowest BCUT2D eigenvalue weighted by Gasteiger charge is -2.31. The summed E-state index contributed by atoms with van der Waals surface area (Å²) in [7, 11) is 4.67. The number of benzene rings is 2. The molecule has 2 atom stereocenters. The highest BCUT2D eigenvalue weighted by Crippen LogP contribution is 2.40. The second-order valence-electron chi connectivity index (χ2n) is 20.3. The number of carbonyl (C=O) groups excluding carboxylic acids is 2. The first-order valence-electron chi connectivity index (χ1n) is 28.8.